The quantitative estimate of drug-likeness (QED) is 0.661. The molecule has 152 valence electrons. The van der Waals surface area contributed by atoms with Gasteiger partial charge in [-0.25, -0.2) is 0 Å². The predicted molar refractivity (Wildman–Crippen MR) is 118 cm³/mol. The van der Waals surface area contributed by atoms with Crippen LogP contribution in [0.1, 0.15) is 39.6 Å². The summed E-state index contributed by atoms with van der Waals surface area (Å²) in [4.78, 5) is 27.4. The van der Waals surface area contributed by atoms with Crippen LogP contribution in [-0.2, 0) is 6.42 Å². The van der Waals surface area contributed by atoms with Gasteiger partial charge in [0.15, 0.2) is 0 Å². The van der Waals surface area contributed by atoms with E-state index < -0.39 is 0 Å². The fraction of sp³-hybridized carbons (Fsp3) is 0.200. The number of nitrogens with zero attached hydrogens (tertiary/aromatic N) is 1. The number of carbonyl (C=O) groups excluding carboxylic acids is 2. The number of hydrogen-bond donors (Lipinski definition) is 1. The first kappa shape index (κ1) is 19.7. The van der Waals surface area contributed by atoms with Gasteiger partial charge in [0.2, 0.25) is 0 Å². The number of fused-ring (bicyclic) bond motifs is 1. The van der Waals surface area contributed by atoms with E-state index >= 15 is 0 Å². The number of nitrogens with one attached hydrogen (secondary N) is 1. The number of benzene rings is 3. The summed E-state index contributed by atoms with van der Waals surface area (Å²) >= 11 is 0. The van der Waals surface area contributed by atoms with Gasteiger partial charge in [0.25, 0.3) is 11.8 Å². The number of rotatable bonds is 5. The highest BCUT2D eigenvalue weighted by atomic mass is 16.5. The molecule has 0 radical (unpaired) electrons. The van der Waals surface area contributed by atoms with E-state index in [1.807, 2.05) is 36.1 Å². The van der Waals surface area contributed by atoms with Crippen LogP contribution in [0.5, 0.6) is 5.75 Å². The molecule has 0 bridgehead atoms. The highest BCUT2D eigenvalue weighted by Crippen LogP contribution is 2.28. The molecule has 5 heteroatoms. The molecule has 4 rings (SSSR count). The lowest BCUT2D eigenvalue weighted by molar-refractivity contribution is 0.0984. The van der Waals surface area contributed by atoms with Gasteiger partial charge in [0.05, 0.1) is 6.61 Å². The lowest BCUT2D eigenvalue weighted by Gasteiger charge is -2.29. The Morgan fingerprint density at radius 3 is 2.57 bits per heavy atom. The maximum absolute atomic E-state index is 13.0. The number of aryl methyl sites for hydroxylation is 1. The average molecular weight is 400 g/mol. The molecule has 3 aromatic carbocycles. The number of amides is 2. The summed E-state index contributed by atoms with van der Waals surface area (Å²) in [7, 11) is 0. The number of anilines is 2. The topological polar surface area (TPSA) is 58.6 Å². The summed E-state index contributed by atoms with van der Waals surface area (Å²) in [5.74, 6) is 0.415. The van der Waals surface area contributed by atoms with Crippen molar-refractivity contribution in [1.29, 1.82) is 0 Å². The summed E-state index contributed by atoms with van der Waals surface area (Å²) < 4.78 is 5.45. The van der Waals surface area contributed by atoms with Crippen molar-refractivity contribution in [3.05, 3.63) is 89.5 Å². The summed E-state index contributed by atoms with van der Waals surface area (Å²) in [6.07, 6.45) is 1.95. The molecule has 1 aliphatic heterocycles. The van der Waals surface area contributed by atoms with E-state index in [0.717, 1.165) is 18.5 Å². The first-order valence-corrected chi connectivity index (χ1v) is 10.2. The Labute approximate surface area is 176 Å². The number of ether oxygens (including phenoxy) is 1. The van der Waals surface area contributed by atoms with Crippen molar-refractivity contribution in [2.75, 3.05) is 23.4 Å². The largest absolute Gasteiger partial charge is 0.494 e. The van der Waals surface area contributed by atoms with Gasteiger partial charge >= 0.3 is 0 Å². The third kappa shape index (κ3) is 4.20. The Bertz CT molecular complexity index is 1060. The Hall–Kier alpha value is -3.60. The molecule has 1 heterocycles. The number of para-hydroxylation sites is 1. The van der Waals surface area contributed by atoms with Crippen LogP contribution in [0.2, 0.25) is 0 Å². The van der Waals surface area contributed by atoms with E-state index in [4.69, 9.17) is 4.74 Å². The molecule has 0 saturated heterocycles. The van der Waals surface area contributed by atoms with E-state index in [0.29, 0.717) is 35.7 Å². The Balaban J connectivity index is 1.46. The molecule has 2 amide bonds. The van der Waals surface area contributed by atoms with Crippen molar-refractivity contribution in [3.8, 4) is 5.75 Å². The van der Waals surface area contributed by atoms with Crippen LogP contribution in [0, 0.1) is 0 Å². The zero-order chi connectivity index (χ0) is 20.9. The van der Waals surface area contributed by atoms with Crippen molar-refractivity contribution in [2.24, 2.45) is 0 Å². The van der Waals surface area contributed by atoms with Crippen LogP contribution in [-0.4, -0.2) is 25.0 Å². The van der Waals surface area contributed by atoms with Crippen LogP contribution in [0.4, 0.5) is 11.4 Å². The van der Waals surface area contributed by atoms with Gasteiger partial charge in [-0.15, -0.1) is 0 Å². The van der Waals surface area contributed by atoms with Crippen LogP contribution >= 0.6 is 0 Å². The number of carbonyl (C=O) groups is 2. The summed E-state index contributed by atoms with van der Waals surface area (Å²) in [6.45, 7) is 3.16. The minimum Gasteiger partial charge on any atom is -0.494 e. The summed E-state index contributed by atoms with van der Waals surface area (Å²) in [6, 6.07) is 22.1. The van der Waals surface area contributed by atoms with Gasteiger partial charge in [-0.3, -0.25) is 9.59 Å². The first-order chi connectivity index (χ1) is 14.7. The fourth-order valence-electron chi connectivity index (χ4n) is 3.69. The van der Waals surface area contributed by atoms with E-state index in [9.17, 15) is 9.59 Å². The molecule has 1 N–H and O–H groups in total. The van der Waals surface area contributed by atoms with Gasteiger partial charge in [-0.05, 0) is 73.9 Å². The maximum Gasteiger partial charge on any atom is 0.258 e. The third-order valence-corrected chi connectivity index (χ3v) is 5.15. The van der Waals surface area contributed by atoms with Crippen LogP contribution < -0.4 is 15.0 Å². The molecule has 0 unspecified atom stereocenters. The second-order valence-electron chi connectivity index (χ2n) is 7.18. The minimum atomic E-state index is -0.222. The predicted octanol–water partition coefficient (Wildman–Crippen LogP) is 4.93. The van der Waals surface area contributed by atoms with Gasteiger partial charge in [0, 0.05) is 29.0 Å². The monoisotopic (exact) mass is 400 g/mol. The molecule has 3 aromatic rings. The second kappa shape index (κ2) is 8.82. The smallest absolute Gasteiger partial charge is 0.258 e. The Morgan fingerprint density at radius 2 is 1.77 bits per heavy atom. The molecular formula is C25H24N2O3. The van der Waals surface area contributed by atoms with E-state index in [2.05, 4.69) is 11.4 Å². The van der Waals surface area contributed by atoms with Crippen molar-refractivity contribution in [3.63, 3.8) is 0 Å². The minimum absolute atomic E-state index is 0.0237. The lowest BCUT2D eigenvalue weighted by atomic mass is 10.0. The van der Waals surface area contributed by atoms with E-state index in [-0.39, 0.29) is 11.8 Å². The second-order valence-corrected chi connectivity index (χ2v) is 7.18. The first-order valence-electron chi connectivity index (χ1n) is 10.2. The molecular weight excluding hydrogens is 376 g/mol. The molecule has 0 aromatic heterocycles. The van der Waals surface area contributed by atoms with Crippen LogP contribution in [0.25, 0.3) is 0 Å². The molecule has 0 spiro atoms. The number of hydrogen-bond acceptors (Lipinski definition) is 3. The lowest BCUT2D eigenvalue weighted by Crippen LogP contribution is -2.35. The van der Waals surface area contributed by atoms with E-state index in [1.165, 1.54) is 5.56 Å². The normalized spacial score (nSPS) is 12.8. The highest BCUT2D eigenvalue weighted by molar-refractivity contribution is 6.08. The standard InChI is InChI=1S/C25H24N2O3/c1-2-30-22-10-5-8-20(17-22)24(28)26-21-14-12-19(13-15-21)25(29)27-16-6-9-18-7-3-4-11-23(18)27/h3-5,7-8,10-15,17H,2,6,9,16H2,1H3,(H,26,28). The summed E-state index contributed by atoms with van der Waals surface area (Å²) in [5.41, 5.74) is 3.95. The van der Waals surface area contributed by atoms with Crippen molar-refractivity contribution in [1.82, 2.24) is 0 Å². The van der Waals surface area contributed by atoms with Crippen LogP contribution in [0.15, 0.2) is 72.8 Å². The molecule has 30 heavy (non-hydrogen) atoms. The Morgan fingerprint density at radius 1 is 0.967 bits per heavy atom. The van der Waals surface area contributed by atoms with Gasteiger partial charge < -0.3 is 15.0 Å². The molecule has 1 aliphatic rings. The van der Waals surface area contributed by atoms with Gasteiger partial charge in [0.1, 0.15) is 5.75 Å². The average Bonchev–Trinajstić information content (AvgIpc) is 2.79. The zero-order valence-electron chi connectivity index (χ0n) is 16.9. The van der Waals surface area contributed by atoms with Crippen molar-refractivity contribution >= 4 is 23.2 Å². The van der Waals surface area contributed by atoms with Crippen molar-refractivity contribution in [2.45, 2.75) is 19.8 Å². The molecule has 0 saturated carbocycles. The van der Waals surface area contributed by atoms with Crippen molar-refractivity contribution < 1.29 is 14.3 Å². The molecule has 0 aliphatic carbocycles. The SMILES string of the molecule is CCOc1cccc(C(=O)Nc2ccc(C(=O)N3CCCc4ccccc43)cc2)c1. The van der Waals surface area contributed by atoms with Gasteiger partial charge in [-0.2, -0.15) is 0 Å². The molecule has 0 atom stereocenters. The highest BCUT2D eigenvalue weighted by Gasteiger charge is 2.23. The maximum atomic E-state index is 13.0. The fourth-order valence-corrected chi connectivity index (χ4v) is 3.69. The summed E-state index contributed by atoms with van der Waals surface area (Å²) in [5, 5.41) is 2.87. The Kier molecular flexibility index (Phi) is 5.80. The van der Waals surface area contributed by atoms with Crippen LogP contribution in [0.3, 0.4) is 0 Å². The molecule has 0 fully saturated rings. The zero-order valence-corrected chi connectivity index (χ0v) is 16.9. The van der Waals surface area contributed by atoms with Gasteiger partial charge in [-0.1, -0.05) is 24.3 Å². The third-order valence-electron chi connectivity index (χ3n) is 5.15. The molecule has 5 nitrogen and oxygen atoms in total. The van der Waals surface area contributed by atoms with E-state index in [1.54, 1.807) is 42.5 Å².